The van der Waals surface area contributed by atoms with Crippen molar-refractivity contribution in [1.29, 1.82) is 0 Å². The number of aromatic carboxylic acids is 1. The van der Waals surface area contributed by atoms with E-state index in [4.69, 9.17) is 4.74 Å². The van der Waals surface area contributed by atoms with Crippen molar-refractivity contribution in [2.45, 2.75) is 18.6 Å². The van der Waals surface area contributed by atoms with E-state index < -0.39 is 28.3 Å². The number of hydrogen-bond acceptors (Lipinski definition) is 6. The number of carbonyl (C=O) groups excluding carboxylic acids is 3. The van der Waals surface area contributed by atoms with Crippen molar-refractivity contribution in [2.75, 3.05) is 16.8 Å². The third-order valence-corrected chi connectivity index (χ3v) is 5.17. The van der Waals surface area contributed by atoms with Crippen molar-refractivity contribution >= 4 is 46.2 Å². The van der Waals surface area contributed by atoms with Gasteiger partial charge < -0.3 is 15.2 Å². The summed E-state index contributed by atoms with van der Waals surface area (Å²) in [6, 6.07) is 12.5. The van der Waals surface area contributed by atoms with Gasteiger partial charge in [0, 0.05) is 6.42 Å². The Morgan fingerprint density at radius 2 is 1.83 bits per heavy atom. The van der Waals surface area contributed by atoms with Crippen molar-refractivity contribution in [2.24, 2.45) is 0 Å². The van der Waals surface area contributed by atoms with Gasteiger partial charge in [-0.05, 0) is 55.1 Å². The van der Waals surface area contributed by atoms with Crippen LogP contribution in [-0.4, -0.2) is 40.0 Å². The zero-order chi connectivity index (χ0) is 21.0. The molecule has 3 rings (SSSR count). The molecule has 2 aromatic carbocycles. The average Bonchev–Trinajstić information content (AvgIpc) is 2.96. The summed E-state index contributed by atoms with van der Waals surface area (Å²) in [6.45, 7) is 2.35. The molecule has 1 heterocycles. The average molecular weight is 414 g/mol. The summed E-state index contributed by atoms with van der Waals surface area (Å²) < 4.78 is 5.35. The van der Waals surface area contributed by atoms with Crippen LogP contribution in [0.1, 0.15) is 23.7 Å². The Morgan fingerprint density at radius 1 is 1.14 bits per heavy atom. The minimum Gasteiger partial charge on any atom is -0.494 e. The third-order valence-electron chi connectivity index (χ3n) is 4.13. The number of carbonyl (C=O) groups is 4. The Bertz CT molecular complexity index is 960. The second kappa shape index (κ2) is 8.78. The quantitative estimate of drug-likeness (QED) is 0.714. The van der Waals surface area contributed by atoms with Gasteiger partial charge in [-0.25, -0.2) is 9.69 Å². The van der Waals surface area contributed by atoms with Gasteiger partial charge in [0.05, 0.1) is 23.5 Å². The summed E-state index contributed by atoms with van der Waals surface area (Å²) in [5, 5.41) is 10.3. The molecule has 0 spiro atoms. The number of anilines is 2. The first kappa shape index (κ1) is 20.4. The molecule has 1 aliphatic heterocycles. The number of carboxylic acid groups (broad SMARTS) is 1. The first-order valence-corrected chi connectivity index (χ1v) is 9.68. The summed E-state index contributed by atoms with van der Waals surface area (Å²) in [7, 11) is 0. The zero-order valence-electron chi connectivity index (χ0n) is 15.5. The molecule has 1 atom stereocenters. The first-order valence-electron chi connectivity index (χ1n) is 8.80. The highest BCUT2D eigenvalue weighted by Crippen LogP contribution is 2.34. The maximum Gasteiger partial charge on any atom is 0.337 e. The lowest BCUT2D eigenvalue weighted by Crippen LogP contribution is -2.33. The van der Waals surface area contributed by atoms with Crippen LogP contribution in [0.5, 0.6) is 5.75 Å². The van der Waals surface area contributed by atoms with Crippen LogP contribution >= 0.6 is 11.8 Å². The van der Waals surface area contributed by atoms with Crippen LogP contribution in [-0.2, 0) is 9.59 Å². The highest BCUT2D eigenvalue weighted by atomic mass is 32.2. The Labute approximate surface area is 170 Å². The van der Waals surface area contributed by atoms with Gasteiger partial charge in [0.2, 0.25) is 11.8 Å². The molecule has 8 nitrogen and oxygen atoms in total. The molecule has 2 N–H and O–H groups in total. The van der Waals surface area contributed by atoms with Gasteiger partial charge in [-0.3, -0.25) is 14.4 Å². The van der Waals surface area contributed by atoms with Crippen LogP contribution in [0.15, 0.2) is 48.5 Å². The van der Waals surface area contributed by atoms with E-state index in [2.05, 4.69) is 5.32 Å². The second-order valence-corrected chi connectivity index (χ2v) is 7.23. The number of ether oxygens (including phenoxy) is 1. The summed E-state index contributed by atoms with van der Waals surface area (Å²) in [6.07, 6.45) is -0.253. The molecule has 0 radical (unpaired) electrons. The molecule has 1 aliphatic rings. The van der Waals surface area contributed by atoms with Crippen LogP contribution in [0.3, 0.4) is 0 Å². The molecule has 29 heavy (non-hydrogen) atoms. The van der Waals surface area contributed by atoms with Crippen LogP contribution in [0, 0.1) is 0 Å². The Kier molecular flexibility index (Phi) is 6.18. The normalized spacial score (nSPS) is 16.0. The molecule has 1 unspecified atom stereocenters. The summed E-state index contributed by atoms with van der Waals surface area (Å²) in [5.74, 6) is -1.60. The maximum absolute atomic E-state index is 12.7. The van der Waals surface area contributed by atoms with E-state index in [1.165, 1.54) is 12.1 Å². The van der Waals surface area contributed by atoms with Gasteiger partial charge in [-0.2, -0.15) is 0 Å². The van der Waals surface area contributed by atoms with Gasteiger partial charge in [-0.1, -0.05) is 12.1 Å². The van der Waals surface area contributed by atoms with Gasteiger partial charge in [-0.15, -0.1) is 0 Å². The molecule has 2 aromatic rings. The van der Waals surface area contributed by atoms with Crippen molar-refractivity contribution in [1.82, 2.24) is 0 Å². The van der Waals surface area contributed by atoms with Crippen molar-refractivity contribution < 1.29 is 29.0 Å². The highest BCUT2D eigenvalue weighted by Gasteiger charge is 2.41. The van der Waals surface area contributed by atoms with E-state index in [0.717, 1.165) is 16.7 Å². The standard InChI is InChI=1S/C20H18N2O6S/c1-2-28-13-9-7-12(8-10-13)22-18(24)16(29-20(22)27)11-17(23)21-15-6-4-3-5-14(15)19(25)26/h3-10,16H,2,11H2,1H3,(H,21,23)(H,25,26). The van der Waals surface area contributed by atoms with Crippen molar-refractivity contribution in [3.63, 3.8) is 0 Å². The zero-order valence-corrected chi connectivity index (χ0v) is 16.3. The molecule has 3 amide bonds. The fourth-order valence-corrected chi connectivity index (χ4v) is 3.81. The SMILES string of the molecule is CCOc1ccc(N2C(=O)SC(CC(=O)Nc3ccccc3C(=O)O)C2=O)cc1. The minimum atomic E-state index is -1.18. The van der Waals surface area contributed by atoms with E-state index in [1.54, 1.807) is 36.4 Å². The second-order valence-electron chi connectivity index (χ2n) is 6.08. The number of hydrogen-bond donors (Lipinski definition) is 2. The number of carboxylic acids is 1. The van der Waals surface area contributed by atoms with Crippen LogP contribution in [0.25, 0.3) is 0 Å². The van der Waals surface area contributed by atoms with Crippen LogP contribution in [0.4, 0.5) is 16.2 Å². The number of rotatable bonds is 7. The summed E-state index contributed by atoms with van der Waals surface area (Å²) >= 11 is 0.770. The largest absolute Gasteiger partial charge is 0.494 e. The van der Waals surface area contributed by atoms with E-state index in [-0.39, 0.29) is 17.7 Å². The fourth-order valence-electron chi connectivity index (χ4n) is 2.83. The summed E-state index contributed by atoms with van der Waals surface area (Å²) in [4.78, 5) is 49.6. The molecular weight excluding hydrogens is 396 g/mol. The predicted octanol–water partition coefficient (Wildman–Crippen LogP) is 3.38. The van der Waals surface area contributed by atoms with Gasteiger partial charge >= 0.3 is 5.97 Å². The topological polar surface area (TPSA) is 113 Å². The van der Waals surface area contributed by atoms with Crippen molar-refractivity contribution in [3.8, 4) is 5.75 Å². The number of imide groups is 1. The lowest BCUT2D eigenvalue weighted by molar-refractivity contribution is -0.121. The van der Waals surface area contributed by atoms with E-state index in [1.807, 2.05) is 6.92 Å². The number of amides is 3. The maximum atomic E-state index is 12.7. The Morgan fingerprint density at radius 3 is 2.48 bits per heavy atom. The fraction of sp³-hybridized carbons (Fsp3) is 0.200. The van der Waals surface area contributed by atoms with E-state index in [9.17, 15) is 24.3 Å². The Hall–Kier alpha value is -3.33. The molecule has 0 aromatic heterocycles. The molecule has 1 saturated heterocycles. The monoisotopic (exact) mass is 414 g/mol. The van der Waals surface area contributed by atoms with Crippen LogP contribution in [0.2, 0.25) is 0 Å². The number of nitrogens with zero attached hydrogens (tertiary/aromatic N) is 1. The van der Waals surface area contributed by atoms with Crippen molar-refractivity contribution in [3.05, 3.63) is 54.1 Å². The molecule has 0 aliphatic carbocycles. The number of benzene rings is 2. The molecule has 150 valence electrons. The van der Waals surface area contributed by atoms with Gasteiger partial charge in [0.1, 0.15) is 11.0 Å². The minimum absolute atomic E-state index is 0.0571. The third kappa shape index (κ3) is 4.57. The highest BCUT2D eigenvalue weighted by molar-refractivity contribution is 8.15. The molecule has 1 fully saturated rings. The predicted molar refractivity (Wildman–Crippen MR) is 109 cm³/mol. The van der Waals surface area contributed by atoms with Crippen LogP contribution < -0.4 is 15.0 Å². The molecule has 9 heteroatoms. The molecule has 0 saturated carbocycles. The number of nitrogens with one attached hydrogen (secondary N) is 1. The summed E-state index contributed by atoms with van der Waals surface area (Å²) in [5.41, 5.74) is 0.476. The first-order chi connectivity index (χ1) is 13.9. The van der Waals surface area contributed by atoms with Gasteiger partial charge in [0.15, 0.2) is 0 Å². The number of para-hydroxylation sites is 1. The molecule has 0 bridgehead atoms. The van der Waals surface area contributed by atoms with E-state index >= 15 is 0 Å². The van der Waals surface area contributed by atoms with E-state index in [0.29, 0.717) is 18.0 Å². The Balaban J connectivity index is 1.68. The lowest BCUT2D eigenvalue weighted by Gasteiger charge is -2.14. The smallest absolute Gasteiger partial charge is 0.337 e. The lowest BCUT2D eigenvalue weighted by atomic mass is 10.1. The molecular formula is C20H18N2O6S. The van der Waals surface area contributed by atoms with Gasteiger partial charge in [0.25, 0.3) is 5.24 Å². The number of thioether (sulfide) groups is 1.